The van der Waals surface area contributed by atoms with E-state index >= 15 is 0 Å². The maximum atomic E-state index is 13.4. The normalized spacial score (nSPS) is 11.4. The van der Waals surface area contributed by atoms with Crippen LogP contribution < -0.4 is 10.5 Å². The summed E-state index contributed by atoms with van der Waals surface area (Å²) in [6.45, 7) is 3.63. The molecule has 0 amide bonds. The maximum absolute atomic E-state index is 13.4. The summed E-state index contributed by atoms with van der Waals surface area (Å²) in [5.41, 5.74) is 6.48. The van der Waals surface area contributed by atoms with Crippen molar-refractivity contribution in [2.45, 2.75) is 19.4 Å². The van der Waals surface area contributed by atoms with E-state index in [1.165, 1.54) is 19.2 Å². The van der Waals surface area contributed by atoms with Crippen LogP contribution in [-0.4, -0.2) is 17.1 Å². The second-order valence-corrected chi connectivity index (χ2v) is 4.83. The molecular weight excluding hydrogens is 245 g/mol. The molecular formula is C14H16FN3O. The van der Waals surface area contributed by atoms with Crippen molar-refractivity contribution in [1.82, 2.24) is 9.97 Å². The summed E-state index contributed by atoms with van der Waals surface area (Å²) in [6, 6.07) is 6.00. The molecule has 19 heavy (non-hydrogen) atoms. The van der Waals surface area contributed by atoms with Crippen molar-refractivity contribution in [3.63, 3.8) is 0 Å². The van der Waals surface area contributed by atoms with Gasteiger partial charge in [-0.05, 0) is 38.1 Å². The largest absolute Gasteiger partial charge is 0.496 e. The molecule has 5 heteroatoms. The Balaban J connectivity index is 2.56. The fourth-order valence-corrected chi connectivity index (χ4v) is 1.70. The number of nitrogens with zero attached hydrogens (tertiary/aromatic N) is 2. The standard InChI is InChI=1S/C14H16FN3O/c1-14(2,16)13-17-7-6-11(18-13)10-8-9(15)4-5-12(10)19-3/h4-8H,16H2,1-3H3. The minimum atomic E-state index is -0.656. The Hall–Kier alpha value is -2.01. The zero-order chi connectivity index (χ0) is 14.0. The van der Waals surface area contributed by atoms with Gasteiger partial charge in [-0.3, -0.25) is 0 Å². The highest BCUT2D eigenvalue weighted by atomic mass is 19.1. The van der Waals surface area contributed by atoms with Crippen LogP contribution in [0.15, 0.2) is 30.5 Å². The number of halogens is 1. The lowest BCUT2D eigenvalue weighted by Gasteiger charge is -2.17. The molecule has 100 valence electrons. The van der Waals surface area contributed by atoms with Gasteiger partial charge in [0.05, 0.1) is 18.3 Å². The van der Waals surface area contributed by atoms with Crippen LogP contribution in [0.4, 0.5) is 4.39 Å². The Morgan fingerprint density at radius 2 is 2.00 bits per heavy atom. The highest BCUT2D eigenvalue weighted by Gasteiger charge is 2.19. The third kappa shape index (κ3) is 2.88. The van der Waals surface area contributed by atoms with Gasteiger partial charge >= 0.3 is 0 Å². The van der Waals surface area contributed by atoms with Crippen LogP contribution in [-0.2, 0) is 5.54 Å². The topological polar surface area (TPSA) is 61.0 Å². The van der Waals surface area contributed by atoms with Crippen LogP contribution in [0.2, 0.25) is 0 Å². The minimum absolute atomic E-state index is 0.344. The number of benzene rings is 1. The quantitative estimate of drug-likeness (QED) is 0.922. The van der Waals surface area contributed by atoms with Gasteiger partial charge in [0, 0.05) is 11.8 Å². The van der Waals surface area contributed by atoms with Gasteiger partial charge in [-0.2, -0.15) is 0 Å². The van der Waals surface area contributed by atoms with E-state index in [1.807, 2.05) is 13.8 Å². The molecule has 2 aromatic rings. The van der Waals surface area contributed by atoms with Gasteiger partial charge in [-0.15, -0.1) is 0 Å². The van der Waals surface area contributed by atoms with Crippen LogP contribution in [0.1, 0.15) is 19.7 Å². The average Bonchev–Trinajstić information content (AvgIpc) is 2.38. The van der Waals surface area contributed by atoms with Crippen LogP contribution in [0.25, 0.3) is 11.3 Å². The van der Waals surface area contributed by atoms with E-state index in [0.717, 1.165) is 0 Å². The zero-order valence-corrected chi connectivity index (χ0v) is 11.1. The van der Waals surface area contributed by atoms with E-state index in [1.54, 1.807) is 18.3 Å². The second-order valence-electron chi connectivity index (χ2n) is 4.83. The van der Waals surface area contributed by atoms with E-state index < -0.39 is 5.54 Å². The molecule has 0 spiro atoms. The summed E-state index contributed by atoms with van der Waals surface area (Å²) in [5.74, 6) is 0.708. The summed E-state index contributed by atoms with van der Waals surface area (Å²) < 4.78 is 18.6. The van der Waals surface area contributed by atoms with E-state index in [-0.39, 0.29) is 5.82 Å². The van der Waals surface area contributed by atoms with Gasteiger partial charge in [0.1, 0.15) is 17.4 Å². The van der Waals surface area contributed by atoms with Crippen LogP contribution in [0.3, 0.4) is 0 Å². The first-order valence-corrected chi connectivity index (χ1v) is 5.88. The minimum Gasteiger partial charge on any atom is -0.496 e. The Morgan fingerprint density at radius 3 is 2.63 bits per heavy atom. The third-order valence-corrected chi connectivity index (χ3v) is 2.67. The van der Waals surface area contributed by atoms with Crippen molar-refractivity contribution in [2.75, 3.05) is 7.11 Å². The van der Waals surface area contributed by atoms with Crippen molar-refractivity contribution < 1.29 is 9.13 Å². The lowest BCUT2D eigenvalue weighted by Crippen LogP contribution is -2.31. The van der Waals surface area contributed by atoms with Gasteiger partial charge in [0.25, 0.3) is 0 Å². The molecule has 0 atom stereocenters. The molecule has 2 rings (SSSR count). The fourth-order valence-electron chi connectivity index (χ4n) is 1.70. The van der Waals surface area contributed by atoms with E-state index in [4.69, 9.17) is 10.5 Å². The lowest BCUT2D eigenvalue weighted by molar-refractivity contribution is 0.415. The molecule has 4 nitrogen and oxygen atoms in total. The first-order valence-electron chi connectivity index (χ1n) is 5.88. The molecule has 0 bridgehead atoms. The van der Waals surface area contributed by atoms with Crippen molar-refractivity contribution in [2.24, 2.45) is 5.73 Å². The number of hydrogen-bond acceptors (Lipinski definition) is 4. The molecule has 0 fully saturated rings. The van der Waals surface area contributed by atoms with Gasteiger partial charge in [0.2, 0.25) is 0 Å². The summed E-state index contributed by atoms with van der Waals surface area (Å²) in [6.07, 6.45) is 1.61. The second kappa shape index (κ2) is 4.93. The predicted molar refractivity (Wildman–Crippen MR) is 71.2 cm³/mol. The monoisotopic (exact) mass is 261 g/mol. The van der Waals surface area contributed by atoms with Crippen molar-refractivity contribution in [1.29, 1.82) is 0 Å². The van der Waals surface area contributed by atoms with E-state index in [9.17, 15) is 4.39 Å². The Bertz CT molecular complexity index is 593. The van der Waals surface area contributed by atoms with Gasteiger partial charge in [-0.25, -0.2) is 14.4 Å². The van der Waals surface area contributed by atoms with Crippen molar-refractivity contribution in [3.05, 3.63) is 42.1 Å². The first-order chi connectivity index (χ1) is 8.91. The molecule has 0 unspecified atom stereocenters. The number of ether oxygens (including phenoxy) is 1. The molecule has 0 aliphatic heterocycles. The average molecular weight is 261 g/mol. The molecule has 1 aromatic carbocycles. The summed E-state index contributed by atoms with van der Waals surface area (Å²) in [5, 5.41) is 0. The number of methoxy groups -OCH3 is 1. The highest BCUT2D eigenvalue weighted by molar-refractivity contribution is 5.67. The van der Waals surface area contributed by atoms with Crippen molar-refractivity contribution >= 4 is 0 Å². The SMILES string of the molecule is COc1ccc(F)cc1-c1ccnc(C(C)(C)N)n1. The fraction of sp³-hybridized carbons (Fsp3) is 0.286. The molecule has 0 radical (unpaired) electrons. The number of aromatic nitrogens is 2. The van der Waals surface area contributed by atoms with Crippen LogP contribution >= 0.6 is 0 Å². The molecule has 1 heterocycles. The molecule has 2 N–H and O–H groups in total. The number of nitrogens with two attached hydrogens (primary N) is 1. The highest BCUT2D eigenvalue weighted by Crippen LogP contribution is 2.29. The smallest absolute Gasteiger partial charge is 0.148 e. The summed E-state index contributed by atoms with van der Waals surface area (Å²) in [4.78, 5) is 8.52. The number of hydrogen-bond donors (Lipinski definition) is 1. The first kappa shape index (κ1) is 13.4. The number of rotatable bonds is 3. The van der Waals surface area contributed by atoms with Crippen LogP contribution in [0.5, 0.6) is 5.75 Å². The van der Waals surface area contributed by atoms with Gasteiger partial charge < -0.3 is 10.5 Å². The Kier molecular flexibility index (Phi) is 3.48. The summed E-state index contributed by atoms with van der Waals surface area (Å²) >= 11 is 0. The molecule has 0 aliphatic rings. The molecule has 1 aromatic heterocycles. The lowest BCUT2D eigenvalue weighted by atomic mass is 10.1. The van der Waals surface area contributed by atoms with Crippen LogP contribution in [0, 0.1) is 5.82 Å². The maximum Gasteiger partial charge on any atom is 0.148 e. The van der Waals surface area contributed by atoms with E-state index in [2.05, 4.69) is 9.97 Å². The van der Waals surface area contributed by atoms with Gasteiger partial charge in [-0.1, -0.05) is 0 Å². The zero-order valence-electron chi connectivity index (χ0n) is 11.1. The van der Waals surface area contributed by atoms with Crippen molar-refractivity contribution in [3.8, 4) is 17.0 Å². The molecule has 0 saturated carbocycles. The Labute approximate surface area is 111 Å². The Morgan fingerprint density at radius 1 is 1.26 bits per heavy atom. The molecule has 0 aliphatic carbocycles. The molecule has 0 saturated heterocycles. The third-order valence-electron chi connectivity index (χ3n) is 2.67. The predicted octanol–water partition coefficient (Wildman–Crippen LogP) is 2.49. The van der Waals surface area contributed by atoms with E-state index in [0.29, 0.717) is 22.8 Å². The van der Waals surface area contributed by atoms with Gasteiger partial charge in [0.15, 0.2) is 0 Å². The summed E-state index contributed by atoms with van der Waals surface area (Å²) in [7, 11) is 1.53.